The summed E-state index contributed by atoms with van der Waals surface area (Å²) in [6.45, 7) is 1.20. The lowest BCUT2D eigenvalue weighted by Gasteiger charge is -2.23. The highest BCUT2D eigenvalue weighted by atomic mass is 19.4. The Kier molecular flexibility index (Phi) is 3.00. The molecule has 20 heavy (non-hydrogen) atoms. The maximum atomic E-state index is 12.8. The molecule has 2 aromatic heterocycles. The Morgan fingerprint density at radius 3 is 2.80 bits per heavy atom. The molecule has 0 aliphatic carbocycles. The molecule has 0 amide bonds. The van der Waals surface area contributed by atoms with Crippen LogP contribution < -0.4 is 4.90 Å². The van der Waals surface area contributed by atoms with E-state index in [1.165, 1.54) is 6.07 Å². The smallest absolute Gasteiger partial charge is 0.379 e. The highest BCUT2D eigenvalue weighted by Crippen LogP contribution is 2.28. The molecule has 3 heterocycles. The zero-order valence-corrected chi connectivity index (χ0v) is 10.6. The molecule has 0 bridgehead atoms. The molecule has 1 aliphatic rings. The standard InChI is InChI=1S/C11H12F3N5O/c1-18(7-4-5-20-6-7)9-3-2-8-15-16-10(11(12,13)14)19(8)17-9/h2-3,7H,4-6H2,1H3. The van der Waals surface area contributed by atoms with Gasteiger partial charge in [0.05, 0.1) is 12.6 Å². The average molecular weight is 287 g/mol. The van der Waals surface area contributed by atoms with Crippen molar-refractivity contribution in [1.82, 2.24) is 19.8 Å². The molecule has 9 heteroatoms. The van der Waals surface area contributed by atoms with Crippen molar-refractivity contribution in [3.8, 4) is 0 Å². The van der Waals surface area contributed by atoms with Crippen LogP contribution in [0.4, 0.5) is 19.0 Å². The van der Waals surface area contributed by atoms with E-state index in [0.29, 0.717) is 19.0 Å². The van der Waals surface area contributed by atoms with Gasteiger partial charge in [0.15, 0.2) is 5.65 Å². The van der Waals surface area contributed by atoms with E-state index in [1.54, 1.807) is 13.1 Å². The first-order valence-electron chi connectivity index (χ1n) is 6.07. The van der Waals surface area contributed by atoms with Crippen LogP contribution in [0.3, 0.4) is 0 Å². The van der Waals surface area contributed by atoms with Crippen LogP contribution in [-0.2, 0) is 10.9 Å². The van der Waals surface area contributed by atoms with Gasteiger partial charge >= 0.3 is 6.18 Å². The fourth-order valence-corrected chi connectivity index (χ4v) is 2.16. The minimum absolute atomic E-state index is 0.0668. The number of anilines is 1. The van der Waals surface area contributed by atoms with Crippen molar-refractivity contribution in [2.75, 3.05) is 25.2 Å². The van der Waals surface area contributed by atoms with Gasteiger partial charge in [-0.2, -0.15) is 17.7 Å². The first-order valence-corrected chi connectivity index (χ1v) is 6.07. The number of alkyl halides is 3. The number of hydrogen-bond acceptors (Lipinski definition) is 5. The van der Waals surface area contributed by atoms with Crippen molar-refractivity contribution in [2.24, 2.45) is 0 Å². The van der Waals surface area contributed by atoms with E-state index in [4.69, 9.17) is 4.74 Å². The van der Waals surface area contributed by atoms with Crippen LogP contribution in [0, 0.1) is 0 Å². The third-order valence-corrected chi connectivity index (χ3v) is 3.32. The summed E-state index contributed by atoms with van der Waals surface area (Å²) in [6, 6.07) is 3.21. The van der Waals surface area contributed by atoms with E-state index in [0.717, 1.165) is 10.9 Å². The summed E-state index contributed by atoms with van der Waals surface area (Å²) >= 11 is 0. The van der Waals surface area contributed by atoms with Crippen molar-refractivity contribution in [3.05, 3.63) is 18.0 Å². The first-order chi connectivity index (χ1) is 9.47. The molecule has 0 N–H and O–H groups in total. The zero-order valence-electron chi connectivity index (χ0n) is 10.6. The average Bonchev–Trinajstić information content (AvgIpc) is 3.05. The van der Waals surface area contributed by atoms with Gasteiger partial charge in [0.1, 0.15) is 5.82 Å². The van der Waals surface area contributed by atoms with Crippen molar-refractivity contribution in [3.63, 3.8) is 0 Å². The second-order valence-corrected chi connectivity index (χ2v) is 4.61. The van der Waals surface area contributed by atoms with E-state index in [9.17, 15) is 13.2 Å². The van der Waals surface area contributed by atoms with E-state index >= 15 is 0 Å². The van der Waals surface area contributed by atoms with Gasteiger partial charge in [0.25, 0.3) is 5.82 Å². The Bertz CT molecular complexity index is 620. The molecule has 6 nitrogen and oxygen atoms in total. The summed E-state index contributed by atoms with van der Waals surface area (Å²) in [7, 11) is 1.78. The van der Waals surface area contributed by atoms with Crippen LogP contribution in [0.25, 0.3) is 5.65 Å². The van der Waals surface area contributed by atoms with Crippen LogP contribution in [0.5, 0.6) is 0 Å². The number of aromatic nitrogens is 4. The maximum absolute atomic E-state index is 12.8. The van der Waals surface area contributed by atoms with Crippen LogP contribution in [0.1, 0.15) is 12.2 Å². The summed E-state index contributed by atoms with van der Waals surface area (Å²) in [5, 5.41) is 10.6. The second-order valence-electron chi connectivity index (χ2n) is 4.61. The van der Waals surface area contributed by atoms with Crippen LogP contribution >= 0.6 is 0 Å². The predicted octanol–water partition coefficient (Wildman–Crippen LogP) is 1.37. The monoisotopic (exact) mass is 287 g/mol. The molecule has 1 aliphatic heterocycles. The number of fused-ring (bicyclic) bond motifs is 1. The Hall–Kier alpha value is -1.90. The highest BCUT2D eigenvalue weighted by molar-refractivity contribution is 5.46. The van der Waals surface area contributed by atoms with Crippen LogP contribution in [0.2, 0.25) is 0 Å². The molecule has 0 aromatic carbocycles. The normalized spacial score (nSPS) is 19.7. The van der Waals surface area contributed by atoms with Crippen molar-refractivity contribution in [1.29, 1.82) is 0 Å². The number of nitrogens with zero attached hydrogens (tertiary/aromatic N) is 5. The van der Waals surface area contributed by atoms with Gasteiger partial charge in [-0.15, -0.1) is 15.3 Å². The van der Waals surface area contributed by atoms with Gasteiger partial charge in [-0.25, -0.2) is 0 Å². The molecule has 3 rings (SSSR count). The lowest BCUT2D eigenvalue weighted by molar-refractivity contribution is -0.146. The highest BCUT2D eigenvalue weighted by Gasteiger charge is 2.37. The molecular formula is C11H12F3N5O. The van der Waals surface area contributed by atoms with E-state index in [-0.39, 0.29) is 11.7 Å². The van der Waals surface area contributed by atoms with Crippen molar-refractivity contribution in [2.45, 2.75) is 18.6 Å². The minimum Gasteiger partial charge on any atom is -0.379 e. The van der Waals surface area contributed by atoms with Crippen LogP contribution in [-0.4, -0.2) is 46.1 Å². The molecule has 108 valence electrons. The molecule has 0 radical (unpaired) electrons. The molecule has 0 saturated carbocycles. The maximum Gasteiger partial charge on any atom is 0.453 e. The quantitative estimate of drug-likeness (QED) is 0.835. The van der Waals surface area contributed by atoms with Crippen molar-refractivity contribution < 1.29 is 17.9 Å². The minimum atomic E-state index is -4.58. The Morgan fingerprint density at radius 1 is 1.35 bits per heavy atom. The largest absolute Gasteiger partial charge is 0.453 e. The molecule has 1 fully saturated rings. The van der Waals surface area contributed by atoms with Gasteiger partial charge in [-0.1, -0.05) is 0 Å². The number of halogens is 3. The van der Waals surface area contributed by atoms with Gasteiger partial charge in [-0.3, -0.25) is 0 Å². The molecule has 0 spiro atoms. The summed E-state index contributed by atoms with van der Waals surface area (Å²) < 4.78 is 44.4. The lowest BCUT2D eigenvalue weighted by Crippen LogP contribution is -2.32. The molecule has 1 unspecified atom stereocenters. The molecular weight excluding hydrogens is 275 g/mol. The third-order valence-electron chi connectivity index (χ3n) is 3.32. The SMILES string of the molecule is CN(c1ccc2nnc(C(F)(F)F)n2n1)C1CCOC1. The summed E-state index contributed by atoms with van der Waals surface area (Å²) in [6.07, 6.45) is -3.76. The topological polar surface area (TPSA) is 55.6 Å². The second kappa shape index (κ2) is 4.58. The Balaban J connectivity index is 2.00. The number of rotatable bonds is 2. The fourth-order valence-electron chi connectivity index (χ4n) is 2.16. The van der Waals surface area contributed by atoms with E-state index < -0.39 is 12.0 Å². The van der Waals surface area contributed by atoms with Gasteiger partial charge in [0, 0.05) is 13.7 Å². The van der Waals surface area contributed by atoms with Gasteiger partial charge in [0.2, 0.25) is 0 Å². The molecule has 2 aromatic rings. The number of hydrogen-bond donors (Lipinski definition) is 0. The molecule has 1 atom stereocenters. The Morgan fingerprint density at radius 2 is 2.15 bits per heavy atom. The summed E-state index contributed by atoms with van der Waals surface area (Å²) in [4.78, 5) is 1.81. The molecule has 1 saturated heterocycles. The summed E-state index contributed by atoms with van der Waals surface area (Å²) in [5.41, 5.74) is 0.0668. The van der Waals surface area contributed by atoms with Gasteiger partial charge in [-0.05, 0) is 18.6 Å². The summed E-state index contributed by atoms with van der Waals surface area (Å²) in [5.74, 6) is -0.691. The number of ether oxygens (including phenoxy) is 1. The third kappa shape index (κ3) is 2.17. The van der Waals surface area contributed by atoms with E-state index in [2.05, 4.69) is 15.3 Å². The zero-order chi connectivity index (χ0) is 14.3. The van der Waals surface area contributed by atoms with E-state index in [1.807, 2.05) is 4.90 Å². The van der Waals surface area contributed by atoms with Crippen molar-refractivity contribution >= 4 is 11.5 Å². The Labute approximate surface area is 112 Å². The van der Waals surface area contributed by atoms with Gasteiger partial charge < -0.3 is 9.64 Å². The fraction of sp³-hybridized carbons (Fsp3) is 0.545. The predicted molar refractivity (Wildman–Crippen MR) is 63.4 cm³/mol. The van der Waals surface area contributed by atoms with Crippen LogP contribution in [0.15, 0.2) is 12.1 Å². The first kappa shape index (κ1) is 13.1. The number of likely N-dealkylation sites (N-methyl/N-ethyl adjacent to an activating group) is 1. The lowest BCUT2D eigenvalue weighted by atomic mass is 10.2.